The van der Waals surface area contributed by atoms with Gasteiger partial charge in [0.25, 0.3) is 5.91 Å². The summed E-state index contributed by atoms with van der Waals surface area (Å²) in [5, 5.41) is 3.72. The summed E-state index contributed by atoms with van der Waals surface area (Å²) in [7, 11) is 0. The maximum absolute atomic E-state index is 13.2. The molecule has 0 unspecified atom stereocenters. The second kappa shape index (κ2) is 5.54. The molecule has 0 atom stereocenters. The number of nitrogens with one attached hydrogen (secondary N) is 1. The Balaban J connectivity index is 1.94. The fraction of sp³-hybridized carbons (Fsp3) is 0. The van der Waals surface area contributed by atoms with Crippen LogP contribution in [0.4, 0.5) is 10.1 Å². The third-order valence-corrected chi connectivity index (χ3v) is 3.43. The lowest BCUT2D eigenvalue weighted by Crippen LogP contribution is -2.12. The van der Waals surface area contributed by atoms with E-state index in [4.69, 9.17) is 0 Å². The number of para-hydroxylation sites is 1. The molecule has 0 aliphatic carbocycles. The fourth-order valence-corrected chi connectivity index (χ4v) is 2.27. The quantitative estimate of drug-likeness (QED) is 0.704. The Bertz CT molecular complexity index is 830. The SMILES string of the molecule is O=C(Nc1cccc2cccnc12)c1ccc(F)c(S)c1. The van der Waals surface area contributed by atoms with Crippen molar-refractivity contribution in [1.29, 1.82) is 0 Å². The molecule has 21 heavy (non-hydrogen) atoms. The van der Waals surface area contributed by atoms with Crippen molar-refractivity contribution in [1.82, 2.24) is 4.98 Å². The number of hydrogen-bond donors (Lipinski definition) is 2. The number of fused-ring (bicyclic) bond motifs is 1. The third kappa shape index (κ3) is 2.73. The van der Waals surface area contributed by atoms with Crippen molar-refractivity contribution in [3.8, 4) is 0 Å². The summed E-state index contributed by atoms with van der Waals surface area (Å²) in [6.07, 6.45) is 1.67. The molecule has 0 spiro atoms. The van der Waals surface area contributed by atoms with Crippen LogP contribution in [0.1, 0.15) is 10.4 Å². The molecule has 0 bridgehead atoms. The van der Waals surface area contributed by atoms with Gasteiger partial charge in [-0.15, -0.1) is 12.6 Å². The molecule has 5 heteroatoms. The van der Waals surface area contributed by atoms with Crippen molar-refractivity contribution in [3.63, 3.8) is 0 Å². The molecule has 1 aromatic heterocycles. The van der Waals surface area contributed by atoms with Crippen LogP contribution >= 0.6 is 12.6 Å². The molecule has 104 valence electrons. The summed E-state index contributed by atoms with van der Waals surface area (Å²) >= 11 is 3.98. The summed E-state index contributed by atoms with van der Waals surface area (Å²) in [6.45, 7) is 0. The van der Waals surface area contributed by atoms with Gasteiger partial charge in [-0.1, -0.05) is 18.2 Å². The van der Waals surface area contributed by atoms with Crippen LogP contribution in [0.3, 0.4) is 0 Å². The number of anilines is 1. The maximum Gasteiger partial charge on any atom is 0.255 e. The molecule has 0 aliphatic heterocycles. The lowest BCUT2D eigenvalue weighted by Gasteiger charge is -2.08. The highest BCUT2D eigenvalue weighted by Gasteiger charge is 2.10. The van der Waals surface area contributed by atoms with Crippen LogP contribution in [-0.4, -0.2) is 10.9 Å². The van der Waals surface area contributed by atoms with Crippen molar-refractivity contribution in [2.45, 2.75) is 4.90 Å². The van der Waals surface area contributed by atoms with Crippen LogP contribution in [0.2, 0.25) is 0 Å². The number of nitrogens with zero attached hydrogens (tertiary/aromatic N) is 1. The molecular weight excluding hydrogens is 287 g/mol. The summed E-state index contributed by atoms with van der Waals surface area (Å²) < 4.78 is 13.2. The molecule has 3 nitrogen and oxygen atoms in total. The van der Waals surface area contributed by atoms with Crippen molar-refractivity contribution in [2.24, 2.45) is 0 Å². The fourth-order valence-electron chi connectivity index (χ4n) is 2.05. The smallest absolute Gasteiger partial charge is 0.255 e. The van der Waals surface area contributed by atoms with Gasteiger partial charge in [0, 0.05) is 22.0 Å². The third-order valence-electron chi connectivity index (χ3n) is 3.09. The van der Waals surface area contributed by atoms with Crippen LogP contribution in [0.25, 0.3) is 10.9 Å². The van der Waals surface area contributed by atoms with E-state index in [9.17, 15) is 9.18 Å². The van der Waals surface area contributed by atoms with Gasteiger partial charge in [-0.2, -0.15) is 0 Å². The molecule has 0 fully saturated rings. The highest BCUT2D eigenvalue weighted by atomic mass is 32.1. The number of carbonyl (C=O) groups excluding carboxylic acids is 1. The van der Waals surface area contributed by atoms with Crippen molar-refractivity contribution < 1.29 is 9.18 Å². The number of pyridine rings is 1. The lowest BCUT2D eigenvalue weighted by atomic mass is 10.1. The number of aromatic nitrogens is 1. The molecule has 3 aromatic rings. The number of rotatable bonds is 2. The van der Waals surface area contributed by atoms with Crippen LogP contribution in [-0.2, 0) is 0 Å². The Morgan fingerprint density at radius 2 is 1.95 bits per heavy atom. The topological polar surface area (TPSA) is 42.0 Å². The van der Waals surface area contributed by atoms with Crippen LogP contribution in [0.15, 0.2) is 59.6 Å². The Labute approximate surface area is 126 Å². The van der Waals surface area contributed by atoms with Gasteiger partial charge < -0.3 is 5.32 Å². The lowest BCUT2D eigenvalue weighted by molar-refractivity contribution is 0.102. The van der Waals surface area contributed by atoms with E-state index in [0.29, 0.717) is 16.8 Å². The highest BCUT2D eigenvalue weighted by Crippen LogP contribution is 2.22. The Kier molecular flexibility index (Phi) is 3.58. The average molecular weight is 298 g/mol. The van der Waals surface area contributed by atoms with Gasteiger partial charge in [0.15, 0.2) is 0 Å². The zero-order valence-electron chi connectivity index (χ0n) is 10.9. The second-order valence-corrected chi connectivity index (χ2v) is 4.98. The van der Waals surface area contributed by atoms with Crippen molar-refractivity contribution in [2.75, 3.05) is 5.32 Å². The zero-order chi connectivity index (χ0) is 14.8. The van der Waals surface area contributed by atoms with E-state index in [2.05, 4.69) is 22.9 Å². The molecule has 0 saturated carbocycles. The van der Waals surface area contributed by atoms with Crippen LogP contribution < -0.4 is 5.32 Å². The van der Waals surface area contributed by atoms with E-state index in [1.165, 1.54) is 18.2 Å². The summed E-state index contributed by atoms with van der Waals surface area (Å²) in [6, 6.07) is 13.3. The Hall–Kier alpha value is -2.40. The number of hydrogen-bond acceptors (Lipinski definition) is 3. The first-order chi connectivity index (χ1) is 10.1. The minimum absolute atomic E-state index is 0.138. The number of carbonyl (C=O) groups is 1. The Morgan fingerprint density at radius 1 is 1.14 bits per heavy atom. The van der Waals surface area contributed by atoms with Gasteiger partial charge in [-0.05, 0) is 30.3 Å². The van der Waals surface area contributed by atoms with Gasteiger partial charge in [-0.25, -0.2) is 4.39 Å². The van der Waals surface area contributed by atoms with E-state index in [1.807, 2.05) is 24.3 Å². The maximum atomic E-state index is 13.2. The summed E-state index contributed by atoms with van der Waals surface area (Å²) in [5.41, 5.74) is 1.67. The molecule has 0 radical (unpaired) electrons. The van der Waals surface area contributed by atoms with Gasteiger partial charge in [-0.3, -0.25) is 9.78 Å². The average Bonchev–Trinajstić information content (AvgIpc) is 2.50. The summed E-state index contributed by atoms with van der Waals surface area (Å²) in [5.74, 6) is -0.787. The predicted octanol–water partition coefficient (Wildman–Crippen LogP) is 3.91. The molecule has 1 N–H and O–H groups in total. The first-order valence-electron chi connectivity index (χ1n) is 6.29. The molecule has 2 aromatic carbocycles. The number of thiol groups is 1. The number of halogens is 1. The monoisotopic (exact) mass is 298 g/mol. The standard InChI is InChI=1S/C16H11FN2OS/c17-12-7-6-11(9-14(12)21)16(20)19-13-5-1-3-10-4-2-8-18-15(10)13/h1-9,21H,(H,19,20). The summed E-state index contributed by atoms with van der Waals surface area (Å²) in [4.78, 5) is 16.6. The first kappa shape index (κ1) is 13.6. The molecule has 1 heterocycles. The van der Waals surface area contributed by atoms with E-state index >= 15 is 0 Å². The predicted molar refractivity (Wildman–Crippen MR) is 83.3 cm³/mol. The van der Waals surface area contributed by atoms with Gasteiger partial charge in [0.2, 0.25) is 0 Å². The molecular formula is C16H11FN2OS. The van der Waals surface area contributed by atoms with E-state index in [0.717, 1.165) is 5.39 Å². The number of benzene rings is 2. The normalized spacial score (nSPS) is 10.6. The largest absolute Gasteiger partial charge is 0.320 e. The van der Waals surface area contributed by atoms with Gasteiger partial charge in [0.05, 0.1) is 11.2 Å². The molecule has 3 rings (SSSR count). The number of amides is 1. The van der Waals surface area contributed by atoms with Gasteiger partial charge in [0.1, 0.15) is 5.82 Å². The minimum atomic E-state index is -0.457. The van der Waals surface area contributed by atoms with E-state index in [-0.39, 0.29) is 10.8 Å². The Morgan fingerprint density at radius 3 is 2.76 bits per heavy atom. The highest BCUT2D eigenvalue weighted by molar-refractivity contribution is 7.80. The first-order valence-corrected chi connectivity index (χ1v) is 6.73. The minimum Gasteiger partial charge on any atom is -0.320 e. The van der Waals surface area contributed by atoms with Gasteiger partial charge >= 0.3 is 0 Å². The van der Waals surface area contributed by atoms with Crippen molar-refractivity contribution >= 4 is 35.1 Å². The molecule has 0 aliphatic rings. The zero-order valence-corrected chi connectivity index (χ0v) is 11.8. The van der Waals surface area contributed by atoms with Crippen LogP contribution in [0.5, 0.6) is 0 Å². The van der Waals surface area contributed by atoms with Crippen LogP contribution in [0, 0.1) is 5.82 Å². The van der Waals surface area contributed by atoms with Crippen molar-refractivity contribution in [3.05, 3.63) is 66.1 Å². The van der Waals surface area contributed by atoms with E-state index < -0.39 is 5.82 Å². The van der Waals surface area contributed by atoms with E-state index in [1.54, 1.807) is 12.3 Å². The molecule has 1 amide bonds. The molecule has 0 saturated heterocycles. The second-order valence-electron chi connectivity index (χ2n) is 4.50.